The first-order chi connectivity index (χ1) is 20.5. The first-order valence-corrected chi connectivity index (χ1v) is 14.0. The van der Waals surface area contributed by atoms with Crippen molar-refractivity contribution in [3.8, 4) is 11.1 Å². The van der Waals surface area contributed by atoms with E-state index < -0.39 is 12.2 Å². The molecule has 226 valence electrons. The molecule has 3 aromatic carbocycles. The van der Waals surface area contributed by atoms with E-state index in [1.807, 2.05) is 41.3 Å². The van der Waals surface area contributed by atoms with Gasteiger partial charge in [-0.25, -0.2) is 8.78 Å². The lowest BCUT2D eigenvalue weighted by molar-refractivity contribution is -0.150. The highest BCUT2D eigenvalue weighted by molar-refractivity contribution is 5.94. The molecule has 43 heavy (non-hydrogen) atoms. The van der Waals surface area contributed by atoms with Crippen LogP contribution < -0.4 is 5.32 Å². The molecular formula is C34H33F5N2O2. The van der Waals surface area contributed by atoms with Gasteiger partial charge in [0.2, 0.25) is 6.41 Å². The van der Waals surface area contributed by atoms with Gasteiger partial charge in [0.05, 0.1) is 0 Å². The Bertz CT molecular complexity index is 1440. The molecule has 0 radical (unpaired) electrons. The average Bonchev–Trinajstić information content (AvgIpc) is 3.01. The molecule has 1 N–H and O–H groups in total. The predicted molar refractivity (Wildman–Crippen MR) is 156 cm³/mol. The molecule has 2 amide bonds. The summed E-state index contributed by atoms with van der Waals surface area (Å²) >= 11 is 0. The van der Waals surface area contributed by atoms with Crippen LogP contribution >= 0.6 is 0 Å². The monoisotopic (exact) mass is 596 g/mol. The summed E-state index contributed by atoms with van der Waals surface area (Å²) < 4.78 is 63.5. The van der Waals surface area contributed by atoms with Crippen LogP contribution in [0.15, 0.2) is 96.6 Å². The second-order valence-electron chi connectivity index (χ2n) is 10.9. The number of hydrogen-bond donors (Lipinski definition) is 1. The number of piperidine rings is 1. The summed E-state index contributed by atoms with van der Waals surface area (Å²) in [6, 6.07) is 18.6. The Morgan fingerprint density at radius 3 is 1.88 bits per heavy atom. The highest BCUT2D eigenvalue weighted by Crippen LogP contribution is 2.35. The van der Waals surface area contributed by atoms with Gasteiger partial charge >= 0.3 is 6.18 Å². The van der Waals surface area contributed by atoms with E-state index in [4.69, 9.17) is 0 Å². The molecule has 1 aliphatic carbocycles. The van der Waals surface area contributed by atoms with E-state index in [-0.39, 0.29) is 34.9 Å². The maximum atomic E-state index is 13.2. The lowest BCUT2D eigenvalue weighted by atomic mass is 9.74. The molecule has 1 saturated heterocycles. The summed E-state index contributed by atoms with van der Waals surface area (Å²) in [6.45, 7) is 3.53. The summed E-state index contributed by atoms with van der Waals surface area (Å²) in [6.07, 6.45) is 3.22. The van der Waals surface area contributed by atoms with Gasteiger partial charge in [-0.15, -0.1) is 0 Å². The Morgan fingerprint density at radius 1 is 0.860 bits per heavy atom. The Kier molecular flexibility index (Phi) is 10.2. The number of allylic oxidation sites excluding steroid dienone is 2. The van der Waals surface area contributed by atoms with Crippen molar-refractivity contribution < 1.29 is 31.5 Å². The maximum Gasteiger partial charge on any atom is 0.412 e. The zero-order valence-electron chi connectivity index (χ0n) is 23.7. The number of amides is 2. The van der Waals surface area contributed by atoms with E-state index in [2.05, 4.69) is 6.92 Å². The highest BCUT2D eigenvalue weighted by Gasteiger charge is 2.41. The average molecular weight is 597 g/mol. The van der Waals surface area contributed by atoms with Gasteiger partial charge in [0.25, 0.3) is 5.91 Å². The SMILES string of the molecule is CC1(c2ccc(F)cc2)CCN(C(=O)c2ccc(-c3ccc(F)cc3)cc2)CC1.O=CNC(C1=CCCC=C1)C(F)(F)F. The molecule has 9 heteroatoms. The van der Waals surface area contributed by atoms with Gasteiger partial charge in [0.1, 0.15) is 17.7 Å². The van der Waals surface area contributed by atoms with Crippen molar-refractivity contribution in [2.24, 2.45) is 0 Å². The fourth-order valence-electron chi connectivity index (χ4n) is 5.27. The number of hydrogen-bond acceptors (Lipinski definition) is 2. The molecular weight excluding hydrogens is 563 g/mol. The maximum absolute atomic E-state index is 13.2. The van der Waals surface area contributed by atoms with E-state index in [1.165, 1.54) is 36.4 Å². The molecule has 2 aliphatic rings. The number of benzene rings is 3. The third-order valence-electron chi connectivity index (χ3n) is 7.92. The minimum Gasteiger partial charge on any atom is -0.343 e. The summed E-state index contributed by atoms with van der Waals surface area (Å²) in [5, 5.41) is 1.77. The third-order valence-corrected chi connectivity index (χ3v) is 7.92. The van der Waals surface area contributed by atoms with Crippen molar-refractivity contribution in [3.05, 3.63) is 119 Å². The molecule has 0 saturated carbocycles. The Hall–Kier alpha value is -4.27. The summed E-state index contributed by atoms with van der Waals surface area (Å²) in [7, 11) is 0. The van der Waals surface area contributed by atoms with Crippen LogP contribution in [-0.4, -0.2) is 42.5 Å². The van der Waals surface area contributed by atoms with Crippen molar-refractivity contribution in [1.82, 2.24) is 10.2 Å². The number of carbonyl (C=O) groups is 2. The van der Waals surface area contributed by atoms with Crippen LogP contribution in [0.25, 0.3) is 11.1 Å². The standard InChI is InChI=1S/C25H23F2NO.C9H10F3NO/c1-25(21-8-12-23(27)13-9-21)14-16-28(17-15-25)24(29)20-4-2-18(3-5-20)19-6-10-22(26)11-7-19;10-9(11,12)8(13-6-14)7-4-2-1-3-5-7/h2-13H,14-17H2,1H3;2,4-6,8H,1,3H2,(H,13,14). The zero-order chi connectivity index (χ0) is 31.0. The molecule has 3 aromatic rings. The van der Waals surface area contributed by atoms with Gasteiger partial charge in [-0.05, 0) is 89.8 Å². The lowest BCUT2D eigenvalue weighted by Gasteiger charge is -2.40. The van der Waals surface area contributed by atoms with Gasteiger partial charge in [-0.1, -0.05) is 61.5 Å². The van der Waals surface area contributed by atoms with Crippen LogP contribution in [0.5, 0.6) is 0 Å². The molecule has 0 aromatic heterocycles. The lowest BCUT2D eigenvalue weighted by Crippen LogP contribution is -2.43. The topological polar surface area (TPSA) is 49.4 Å². The van der Waals surface area contributed by atoms with Crippen LogP contribution in [0.4, 0.5) is 22.0 Å². The van der Waals surface area contributed by atoms with Gasteiger partial charge in [0.15, 0.2) is 0 Å². The molecule has 5 rings (SSSR count). The molecule has 1 fully saturated rings. The van der Waals surface area contributed by atoms with Crippen LogP contribution in [0.1, 0.15) is 48.5 Å². The minimum atomic E-state index is -4.44. The zero-order valence-corrected chi connectivity index (χ0v) is 23.7. The van der Waals surface area contributed by atoms with Crippen molar-refractivity contribution in [2.45, 2.75) is 50.2 Å². The van der Waals surface area contributed by atoms with Crippen LogP contribution in [0, 0.1) is 11.6 Å². The normalized spacial score (nSPS) is 16.8. The Labute approximate surface area is 247 Å². The van der Waals surface area contributed by atoms with Gasteiger partial charge in [-0.3, -0.25) is 9.59 Å². The molecule has 0 spiro atoms. The first kappa shape index (κ1) is 31.7. The number of alkyl halides is 3. The molecule has 1 aliphatic heterocycles. The quantitative estimate of drug-likeness (QED) is 0.234. The fraction of sp³-hybridized carbons (Fsp3) is 0.294. The molecule has 1 atom stereocenters. The Balaban J connectivity index is 0.000000255. The second kappa shape index (κ2) is 13.8. The molecule has 1 unspecified atom stereocenters. The van der Waals surface area contributed by atoms with Crippen molar-refractivity contribution in [1.29, 1.82) is 0 Å². The minimum absolute atomic E-state index is 0.0248. The van der Waals surface area contributed by atoms with Crippen molar-refractivity contribution in [2.75, 3.05) is 13.1 Å². The van der Waals surface area contributed by atoms with Crippen molar-refractivity contribution in [3.63, 3.8) is 0 Å². The van der Waals surface area contributed by atoms with Gasteiger partial charge in [0, 0.05) is 18.7 Å². The van der Waals surface area contributed by atoms with Crippen LogP contribution in [0.3, 0.4) is 0 Å². The van der Waals surface area contributed by atoms with Gasteiger partial charge < -0.3 is 10.2 Å². The second-order valence-corrected chi connectivity index (χ2v) is 10.9. The van der Waals surface area contributed by atoms with Crippen LogP contribution in [-0.2, 0) is 10.2 Å². The molecule has 1 heterocycles. The van der Waals surface area contributed by atoms with E-state index in [0.29, 0.717) is 25.1 Å². The molecule has 4 nitrogen and oxygen atoms in total. The van der Waals surface area contributed by atoms with E-state index in [0.717, 1.165) is 36.0 Å². The van der Waals surface area contributed by atoms with Crippen molar-refractivity contribution >= 4 is 12.3 Å². The third kappa shape index (κ3) is 8.18. The van der Waals surface area contributed by atoms with E-state index in [1.54, 1.807) is 23.5 Å². The number of rotatable bonds is 6. The summed E-state index contributed by atoms with van der Waals surface area (Å²) in [4.78, 5) is 24.8. The van der Waals surface area contributed by atoms with Gasteiger partial charge in [-0.2, -0.15) is 13.2 Å². The largest absolute Gasteiger partial charge is 0.412 e. The Morgan fingerprint density at radius 2 is 1.40 bits per heavy atom. The first-order valence-electron chi connectivity index (χ1n) is 14.0. The summed E-state index contributed by atoms with van der Waals surface area (Å²) in [5.41, 5.74) is 3.70. The number of nitrogens with zero attached hydrogens (tertiary/aromatic N) is 1. The highest BCUT2D eigenvalue weighted by atomic mass is 19.4. The molecule has 0 bridgehead atoms. The van der Waals surface area contributed by atoms with E-state index in [9.17, 15) is 31.5 Å². The number of nitrogens with one attached hydrogen (secondary N) is 1. The predicted octanol–water partition coefficient (Wildman–Crippen LogP) is 7.77. The number of carbonyl (C=O) groups excluding carboxylic acids is 2. The van der Waals surface area contributed by atoms with Crippen LogP contribution in [0.2, 0.25) is 0 Å². The fourth-order valence-corrected chi connectivity index (χ4v) is 5.27. The number of halogens is 5. The smallest absolute Gasteiger partial charge is 0.343 e. The van der Waals surface area contributed by atoms with E-state index >= 15 is 0 Å². The summed E-state index contributed by atoms with van der Waals surface area (Å²) in [5.74, 6) is -0.468. The number of likely N-dealkylation sites (tertiary alicyclic amines) is 1.